The van der Waals surface area contributed by atoms with E-state index >= 15 is 0 Å². The second kappa shape index (κ2) is 9.95. The lowest BCUT2D eigenvalue weighted by Gasteiger charge is -2.22. The van der Waals surface area contributed by atoms with Gasteiger partial charge in [0.2, 0.25) is 0 Å². The summed E-state index contributed by atoms with van der Waals surface area (Å²) in [5.74, 6) is -1.66. The van der Waals surface area contributed by atoms with Crippen LogP contribution in [0.25, 0.3) is 0 Å². The number of hydrogen-bond acceptors (Lipinski definition) is 2. The normalized spacial score (nSPS) is 11.8. The Morgan fingerprint density at radius 1 is 0.750 bits per heavy atom. The van der Waals surface area contributed by atoms with Crippen LogP contribution in [0.3, 0.4) is 0 Å². The zero-order valence-electron chi connectivity index (χ0n) is 12.9. The molecule has 0 spiro atoms. The average molecular weight is 278 g/mol. The van der Waals surface area contributed by atoms with Gasteiger partial charge in [0.15, 0.2) is 5.79 Å². The minimum absolute atomic E-state index is 0.423. The van der Waals surface area contributed by atoms with Crippen LogP contribution in [-0.2, 0) is 5.79 Å². The van der Waals surface area contributed by atoms with Crippen LogP contribution in [0.4, 0.5) is 0 Å². The van der Waals surface area contributed by atoms with E-state index in [0.29, 0.717) is 12.0 Å². The van der Waals surface area contributed by atoms with Crippen molar-refractivity contribution in [3.05, 3.63) is 35.9 Å². The molecule has 2 N–H and O–H groups in total. The van der Waals surface area contributed by atoms with Gasteiger partial charge >= 0.3 is 0 Å². The molecule has 0 saturated heterocycles. The summed E-state index contributed by atoms with van der Waals surface area (Å²) in [5.41, 5.74) is 0.597. The summed E-state index contributed by atoms with van der Waals surface area (Å²) in [4.78, 5) is 0. The standard InChI is InChI=1S/C18H30O2/c1-2-3-4-5-6-7-8-9-13-16-18(19,20)17-14-11-10-12-15-17/h10-12,14-15,19-20H,2-9,13,16H2,1H3. The average Bonchev–Trinajstić information content (AvgIpc) is 2.46. The third-order valence-corrected chi connectivity index (χ3v) is 3.87. The van der Waals surface area contributed by atoms with Gasteiger partial charge in [0, 0.05) is 12.0 Å². The maximum Gasteiger partial charge on any atom is 0.189 e. The van der Waals surface area contributed by atoms with Crippen molar-refractivity contribution in [2.45, 2.75) is 76.9 Å². The van der Waals surface area contributed by atoms with Crippen molar-refractivity contribution in [3.8, 4) is 0 Å². The minimum atomic E-state index is -1.66. The van der Waals surface area contributed by atoms with Crippen LogP contribution >= 0.6 is 0 Å². The number of benzene rings is 1. The molecule has 0 aromatic heterocycles. The predicted molar refractivity (Wildman–Crippen MR) is 84.4 cm³/mol. The molecule has 1 rings (SSSR count). The maximum atomic E-state index is 10.0. The first-order valence-corrected chi connectivity index (χ1v) is 8.17. The lowest BCUT2D eigenvalue weighted by molar-refractivity contribution is -0.175. The summed E-state index contributed by atoms with van der Waals surface area (Å²) in [5, 5.41) is 20.1. The number of hydrogen-bond donors (Lipinski definition) is 2. The molecule has 20 heavy (non-hydrogen) atoms. The van der Waals surface area contributed by atoms with Crippen molar-refractivity contribution in [3.63, 3.8) is 0 Å². The summed E-state index contributed by atoms with van der Waals surface area (Å²) in [7, 11) is 0. The smallest absolute Gasteiger partial charge is 0.189 e. The van der Waals surface area contributed by atoms with Crippen molar-refractivity contribution in [2.24, 2.45) is 0 Å². The summed E-state index contributed by atoms with van der Waals surface area (Å²) < 4.78 is 0. The molecule has 0 amide bonds. The van der Waals surface area contributed by atoms with Gasteiger partial charge < -0.3 is 10.2 Å². The Hall–Kier alpha value is -0.860. The summed E-state index contributed by atoms with van der Waals surface area (Å²) in [6.07, 6.45) is 11.6. The zero-order chi connectivity index (χ0) is 14.7. The van der Waals surface area contributed by atoms with Gasteiger partial charge in [-0.3, -0.25) is 0 Å². The highest BCUT2D eigenvalue weighted by Gasteiger charge is 2.24. The van der Waals surface area contributed by atoms with E-state index in [0.717, 1.165) is 12.8 Å². The molecule has 0 aliphatic heterocycles. The molecule has 0 fully saturated rings. The molecule has 0 bridgehead atoms. The third kappa shape index (κ3) is 7.06. The SMILES string of the molecule is CCCCCCCCCCCC(O)(O)c1ccccc1. The fourth-order valence-electron chi connectivity index (χ4n) is 2.53. The Balaban J connectivity index is 2.06. The van der Waals surface area contributed by atoms with Crippen LogP contribution < -0.4 is 0 Å². The van der Waals surface area contributed by atoms with Crippen molar-refractivity contribution in [1.29, 1.82) is 0 Å². The summed E-state index contributed by atoms with van der Waals surface area (Å²) >= 11 is 0. The minimum Gasteiger partial charge on any atom is -0.362 e. The fourth-order valence-corrected chi connectivity index (χ4v) is 2.53. The third-order valence-electron chi connectivity index (χ3n) is 3.87. The topological polar surface area (TPSA) is 40.5 Å². The number of rotatable bonds is 11. The number of aliphatic hydroxyl groups is 2. The van der Waals surface area contributed by atoms with Gasteiger partial charge in [-0.15, -0.1) is 0 Å². The first-order valence-electron chi connectivity index (χ1n) is 8.17. The molecule has 2 nitrogen and oxygen atoms in total. The van der Waals surface area contributed by atoms with Gasteiger partial charge in [-0.2, -0.15) is 0 Å². The molecular weight excluding hydrogens is 248 g/mol. The van der Waals surface area contributed by atoms with Crippen molar-refractivity contribution >= 4 is 0 Å². The van der Waals surface area contributed by atoms with Gasteiger partial charge in [0.25, 0.3) is 0 Å². The molecule has 0 aliphatic carbocycles. The van der Waals surface area contributed by atoms with E-state index in [-0.39, 0.29) is 0 Å². The Kier molecular flexibility index (Phi) is 8.56. The molecule has 0 unspecified atom stereocenters. The quantitative estimate of drug-likeness (QED) is 0.453. The van der Waals surface area contributed by atoms with Crippen LogP contribution in [0.15, 0.2) is 30.3 Å². The van der Waals surface area contributed by atoms with Gasteiger partial charge in [0.1, 0.15) is 0 Å². The Bertz CT molecular complexity index is 333. The number of unbranched alkanes of at least 4 members (excludes halogenated alkanes) is 8. The van der Waals surface area contributed by atoms with Gasteiger partial charge in [0.05, 0.1) is 0 Å². The lowest BCUT2D eigenvalue weighted by atomic mass is 9.98. The lowest BCUT2D eigenvalue weighted by Crippen LogP contribution is -2.24. The van der Waals surface area contributed by atoms with Crippen molar-refractivity contribution in [1.82, 2.24) is 0 Å². The second-order valence-corrected chi connectivity index (χ2v) is 5.76. The van der Waals surface area contributed by atoms with E-state index in [9.17, 15) is 10.2 Å². The van der Waals surface area contributed by atoms with E-state index in [4.69, 9.17) is 0 Å². The highest BCUT2D eigenvalue weighted by Crippen LogP contribution is 2.24. The van der Waals surface area contributed by atoms with Crippen molar-refractivity contribution < 1.29 is 10.2 Å². The van der Waals surface area contributed by atoms with Gasteiger partial charge in [-0.1, -0.05) is 88.6 Å². The van der Waals surface area contributed by atoms with Crippen LogP contribution in [0.5, 0.6) is 0 Å². The van der Waals surface area contributed by atoms with Gasteiger partial charge in [-0.05, 0) is 6.42 Å². The van der Waals surface area contributed by atoms with E-state index < -0.39 is 5.79 Å². The molecule has 0 radical (unpaired) electrons. The second-order valence-electron chi connectivity index (χ2n) is 5.76. The Labute approximate surface area is 123 Å². The zero-order valence-corrected chi connectivity index (χ0v) is 12.9. The van der Waals surface area contributed by atoms with Gasteiger partial charge in [-0.25, -0.2) is 0 Å². The molecule has 2 heteroatoms. The van der Waals surface area contributed by atoms with E-state index in [1.54, 1.807) is 12.1 Å². The molecule has 1 aromatic rings. The predicted octanol–water partition coefficient (Wildman–Crippen LogP) is 4.74. The first-order chi connectivity index (χ1) is 9.67. The Morgan fingerprint density at radius 3 is 1.80 bits per heavy atom. The van der Waals surface area contributed by atoms with Crippen LogP contribution in [0.1, 0.15) is 76.7 Å². The molecule has 114 valence electrons. The summed E-state index contributed by atoms with van der Waals surface area (Å²) in [6, 6.07) is 9.11. The molecule has 0 atom stereocenters. The van der Waals surface area contributed by atoms with Crippen molar-refractivity contribution in [2.75, 3.05) is 0 Å². The van der Waals surface area contributed by atoms with E-state index in [1.807, 2.05) is 18.2 Å². The van der Waals surface area contributed by atoms with E-state index in [2.05, 4.69) is 6.92 Å². The Morgan fingerprint density at radius 2 is 1.25 bits per heavy atom. The van der Waals surface area contributed by atoms with Crippen LogP contribution in [0, 0.1) is 0 Å². The molecule has 1 aromatic carbocycles. The molecular formula is C18H30O2. The first kappa shape index (κ1) is 17.2. The monoisotopic (exact) mass is 278 g/mol. The van der Waals surface area contributed by atoms with Crippen LogP contribution in [0.2, 0.25) is 0 Å². The highest BCUT2D eigenvalue weighted by atomic mass is 16.5. The fraction of sp³-hybridized carbons (Fsp3) is 0.667. The summed E-state index contributed by atoms with van der Waals surface area (Å²) in [6.45, 7) is 2.24. The van der Waals surface area contributed by atoms with Crippen LogP contribution in [-0.4, -0.2) is 10.2 Å². The highest BCUT2D eigenvalue weighted by molar-refractivity contribution is 5.19. The molecule has 0 aliphatic rings. The van der Waals surface area contributed by atoms with E-state index in [1.165, 1.54) is 44.9 Å². The molecule has 0 heterocycles. The maximum absolute atomic E-state index is 10.0. The molecule has 0 saturated carbocycles. The largest absolute Gasteiger partial charge is 0.362 e.